The molecule has 6 heteroatoms. The topological polar surface area (TPSA) is 83.6 Å². The summed E-state index contributed by atoms with van der Waals surface area (Å²) >= 11 is 3.32. The van der Waals surface area contributed by atoms with Crippen molar-refractivity contribution in [1.82, 2.24) is 4.90 Å². The van der Waals surface area contributed by atoms with E-state index in [1.54, 1.807) is 0 Å². The first-order chi connectivity index (χ1) is 7.91. The molecule has 1 aromatic carbocycles. The number of halogens is 1. The normalized spacial score (nSPS) is 11.9. The molecule has 0 heterocycles. The van der Waals surface area contributed by atoms with Gasteiger partial charge in [0, 0.05) is 18.1 Å². The Morgan fingerprint density at radius 2 is 2.18 bits per heavy atom. The lowest BCUT2D eigenvalue weighted by molar-refractivity contribution is -0.146. The van der Waals surface area contributed by atoms with Gasteiger partial charge in [-0.1, -0.05) is 28.1 Å². The van der Waals surface area contributed by atoms with Crippen molar-refractivity contribution >= 4 is 27.8 Å². The summed E-state index contributed by atoms with van der Waals surface area (Å²) < 4.78 is 0.901. The lowest BCUT2D eigenvalue weighted by atomic mass is 10.2. The number of benzene rings is 1. The van der Waals surface area contributed by atoms with Crippen LogP contribution < -0.4 is 5.73 Å². The second kappa shape index (κ2) is 5.79. The summed E-state index contributed by atoms with van der Waals surface area (Å²) in [5.41, 5.74) is 6.14. The molecule has 0 spiro atoms. The molecule has 0 aliphatic rings. The highest BCUT2D eigenvalue weighted by Gasteiger charge is 2.24. The van der Waals surface area contributed by atoms with Crippen molar-refractivity contribution < 1.29 is 14.7 Å². The monoisotopic (exact) mass is 300 g/mol. The maximum atomic E-state index is 11.6. The van der Waals surface area contributed by atoms with E-state index in [4.69, 9.17) is 10.8 Å². The van der Waals surface area contributed by atoms with Crippen LogP contribution in [0.3, 0.4) is 0 Å². The Morgan fingerprint density at radius 1 is 1.53 bits per heavy atom. The summed E-state index contributed by atoms with van der Waals surface area (Å²) in [6, 6.07) is 5.91. The van der Waals surface area contributed by atoms with Crippen molar-refractivity contribution in [3.8, 4) is 0 Å². The number of likely N-dealkylation sites (N-methyl/N-ethyl adjacent to an activating group) is 1. The van der Waals surface area contributed by atoms with E-state index < -0.39 is 17.9 Å². The molecule has 1 atom stereocenters. The van der Waals surface area contributed by atoms with Gasteiger partial charge in [-0.2, -0.15) is 0 Å². The van der Waals surface area contributed by atoms with E-state index in [0.29, 0.717) is 6.54 Å². The van der Waals surface area contributed by atoms with Gasteiger partial charge in [0.2, 0.25) is 0 Å². The van der Waals surface area contributed by atoms with Gasteiger partial charge in [-0.25, -0.2) is 4.79 Å². The first-order valence-electron chi connectivity index (χ1n) is 4.89. The van der Waals surface area contributed by atoms with E-state index in [0.717, 1.165) is 10.0 Å². The second-order valence-electron chi connectivity index (χ2n) is 3.64. The third-order valence-corrected chi connectivity index (χ3v) is 2.71. The molecule has 1 aromatic rings. The van der Waals surface area contributed by atoms with Gasteiger partial charge in [-0.15, -0.1) is 0 Å². The maximum Gasteiger partial charge on any atom is 0.330 e. The van der Waals surface area contributed by atoms with E-state index in [9.17, 15) is 9.59 Å². The minimum Gasteiger partial charge on any atom is -0.480 e. The van der Waals surface area contributed by atoms with Crippen LogP contribution in [0.15, 0.2) is 28.7 Å². The highest BCUT2D eigenvalue weighted by Crippen LogP contribution is 2.13. The van der Waals surface area contributed by atoms with E-state index in [1.165, 1.54) is 11.9 Å². The molecular weight excluding hydrogens is 288 g/mol. The van der Waals surface area contributed by atoms with Crippen molar-refractivity contribution in [2.75, 3.05) is 7.05 Å². The second-order valence-corrected chi connectivity index (χ2v) is 4.56. The molecule has 3 N–H and O–H groups in total. The van der Waals surface area contributed by atoms with E-state index in [1.807, 2.05) is 24.3 Å². The average molecular weight is 301 g/mol. The molecule has 1 amide bonds. The molecular formula is C11H13BrN2O3. The molecule has 1 unspecified atom stereocenters. The number of nitrogens with zero attached hydrogens (tertiary/aromatic N) is 1. The first-order valence-corrected chi connectivity index (χ1v) is 5.69. The van der Waals surface area contributed by atoms with Crippen molar-refractivity contribution in [2.24, 2.45) is 5.73 Å². The van der Waals surface area contributed by atoms with Gasteiger partial charge >= 0.3 is 5.97 Å². The molecule has 17 heavy (non-hydrogen) atoms. The van der Waals surface area contributed by atoms with E-state index >= 15 is 0 Å². The molecule has 0 radical (unpaired) electrons. The zero-order valence-electron chi connectivity index (χ0n) is 9.26. The molecule has 0 bridgehead atoms. The van der Waals surface area contributed by atoms with Crippen molar-refractivity contribution in [3.63, 3.8) is 0 Å². The fourth-order valence-corrected chi connectivity index (χ4v) is 1.78. The molecule has 0 saturated carbocycles. The lowest BCUT2D eigenvalue weighted by Gasteiger charge is -2.19. The molecule has 1 rings (SSSR count). The highest BCUT2D eigenvalue weighted by atomic mass is 79.9. The zero-order valence-corrected chi connectivity index (χ0v) is 10.8. The summed E-state index contributed by atoms with van der Waals surface area (Å²) in [6.45, 7) is 0.319. The number of aliphatic carboxylic acids is 1. The van der Waals surface area contributed by atoms with Gasteiger partial charge in [-0.3, -0.25) is 4.79 Å². The maximum absolute atomic E-state index is 11.6. The summed E-state index contributed by atoms with van der Waals surface area (Å²) in [7, 11) is 1.52. The average Bonchev–Trinajstić information content (AvgIpc) is 2.26. The SMILES string of the molecule is CN(Cc1cccc(Br)c1)C(=O)C(N)C(=O)O. The minimum absolute atomic E-state index is 0.319. The van der Waals surface area contributed by atoms with Gasteiger partial charge in [0.05, 0.1) is 0 Å². The van der Waals surface area contributed by atoms with Crippen LogP contribution in [0.25, 0.3) is 0 Å². The van der Waals surface area contributed by atoms with E-state index in [2.05, 4.69) is 15.9 Å². The Labute approximate surface area is 107 Å². The number of hydrogen-bond donors (Lipinski definition) is 2. The number of hydrogen-bond acceptors (Lipinski definition) is 3. The number of amides is 1. The third-order valence-electron chi connectivity index (χ3n) is 2.22. The molecule has 0 aromatic heterocycles. The van der Waals surface area contributed by atoms with Crippen LogP contribution in [-0.4, -0.2) is 35.0 Å². The number of carboxylic acid groups (broad SMARTS) is 1. The highest BCUT2D eigenvalue weighted by molar-refractivity contribution is 9.10. The Morgan fingerprint density at radius 3 is 2.71 bits per heavy atom. The zero-order chi connectivity index (χ0) is 13.0. The number of rotatable bonds is 4. The summed E-state index contributed by atoms with van der Waals surface area (Å²) in [6.07, 6.45) is 0. The van der Waals surface area contributed by atoms with Crippen LogP contribution in [-0.2, 0) is 16.1 Å². The molecule has 0 aliphatic heterocycles. The third kappa shape index (κ3) is 3.83. The summed E-state index contributed by atoms with van der Waals surface area (Å²) in [5.74, 6) is -1.94. The summed E-state index contributed by atoms with van der Waals surface area (Å²) in [5, 5.41) is 8.63. The Balaban J connectivity index is 2.69. The molecule has 5 nitrogen and oxygen atoms in total. The van der Waals surface area contributed by atoms with Crippen LogP contribution in [0.2, 0.25) is 0 Å². The first kappa shape index (κ1) is 13.7. The number of carboxylic acids is 1. The summed E-state index contributed by atoms with van der Waals surface area (Å²) in [4.78, 5) is 23.4. The van der Waals surface area contributed by atoms with Gasteiger partial charge in [0.25, 0.3) is 5.91 Å². The number of nitrogens with two attached hydrogens (primary N) is 1. The van der Waals surface area contributed by atoms with Crippen molar-refractivity contribution in [1.29, 1.82) is 0 Å². The minimum atomic E-state index is -1.51. The van der Waals surface area contributed by atoms with Crippen molar-refractivity contribution in [3.05, 3.63) is 34.3 Å². The van der Waals surface area contributed by atoms with Crippen LogP contribution in [0.1, 0.15) is 5.56 Å². The van der Waals surface area contributed by atoms with Crippen molar-refractivity contribution in [2.45, 2.75) is 12.6 Å². The predicted molar refractivity (Wildman–Crippen MR) is 66.2 cm³/mol. The van der Waals surface area contributed by atoms with E-state index in [-0.39, 0.29) is 0 Å². The van der Waals surface area contributed by atoms with Crippen LogP contribution in [0.4, 0.5) is 0 Å². The standard InChI is InChI=1S/C11H13BrN2O3/c1-14(10(15)9(13)11(16)17)6-7-3-2-4-8(12)5-7/h2-5,9H,6,13H2,1H3,(H,16,17). The molecule has 92 valence electrons. The van der Waals surface area contributed by atoms with Gasteiger partial charge in [0.15, 0.2) is 6.04 Å². The molecule has 0 aliphatic carbocycles. The van der Waals surface area contributed by atoms with Gasteiger partial charge < -0.3 is 15.7 Å². The van der Waals surface area contributed by atoms with Crippen LogP contribution >= 0.6 is 15.9 Å². The quantitative estimate of drug-likeness (QED) is 0.807. The van der Waals surface area contributed by atoms with Crippen LogP contribution in [0.5, 0.6) is 0 Å². The number of carbonyl (C=O) groups is 2. The Hall–Kier alpha value is -1.40. The van der Waals surface area contributed by atoms with Gasteiger partial charge in [-0.05, 0) is 17.7 Å². The Kier molecular flexibility index (Phi) is 4.65. The lowest BCUT2D eigenvalue weighted by Crippen LogP contribution is -2.46. The predicted octanol–water partition coefficient (Wildman–Crippen LogP) is 0.819. The largest absolute Gasteiger partial charge is 0.480 e. The van der Waals surface area contributed by atoms with Gasteiger partial charge in [0.1, 0.15) is 0 Å². The number of carbonyl (C=O) groups excluding carboxylic acids is 1. The fourth-order valence-electron chi connectivity index (χ4n) is 1.33. The Bertz CT molecular complexity index is 436. The van der Waals surface area contributed by atoms with Crippen LogP contribution in [0, 0.1) is 0 Å². The molecule has 0 fully saturated rings. The smallest absolute Gasteiger partial charge is 0.330 e. The molecule has 0 saturated heterocycles. The fraction of sp³-hybridized carbons (Fsp3) is 0.273.